The summed E-state index contributed by atoms with van der Waals surface area (Å²) in [6.07, 6.45) is -2.77. The van der Waals surface area contributed by atoms with Crippen molar-refractivity contribution in [1.29, 1.82) is 0 Å². The minimum absolute atomic E-state index is 0.00908. The van der Waals surface area contributed by atoms with Gasteiger partial charge in [0.15, 0.2) is 0 Å². The summed E-state index contributed by atoms with van der Waals surface area (Å²) in [7, 11) is 0. The minimum Gasteiger partial charge on any atom is -0.492 e. The number of hydrogen-bond acceptors (Lipinski definition) is 3. The number of rotatable bonds is 5. The Morgan fingerprint density at radius 2 is 2.05 bits per heavy atom. The Morgan fingerprint density at radius 1 is 1.32 bits per heavy atom. The highest BCUT2D eigenvalue weighted by atomic mass is 19.4. The molecular formula is C15H19F3N2O2. The van der Waals surface area contributed by atoms with Crippen molar-refractivity contribution in [1.82, 2.24) is 10.6 Å². The highest BCUT2D eigenvalue weighted by Gasteiger charge is 2.30. The van der Waals surface area contributed by atoms with Crippen molar-refractivity contribution in [2.75, 3.05) is 26.2 Å². The van der Waals surface area contributed by atoms with Gasteiger partial charge in [0.05, 0.1) is 12.1 Å². The highest BCUT2D eigenvalue weighted by Crippen LogP contribution is 2.31. The topological polar surface area (TPSA) is 50.4 Å². The van der Waals surface area contributed by atoms with Gasteiger partial charge in [-0.3, -0.25) is 4.79 Å². The van der Waals surface area contributed by atoms with Gasteiger partial charge < -0.3 is 15.4 Å². The van der Waals surface area contributed by atoms with Gasteiger partial charge in [0.25, 0.3) is 0 Å². The molecule has 0 atom stereocenters. The van der Waals surface area contributed by atoms with Crippen LogP contribution in [0.3, 0.4) is 0 Å². The molecule has 1 amide bonds. The molecule has 122 valence electrons. The van der Waals surface area contributed by atoms with E-state index in [0.717, 1.165) is 38.1 Å². The summed E-state index contributed by atoms with van der Waals surface area (Å²) < 4.78 is 42.9. The lowest BCUT2D eigenvalue weighted by molar-refractivity contribution is -0.137. The molecule has 0 spiro atoms. The number of carbonyl (C=O) groups excluding carboxylic acids is 1. The number of nitrogens with one attached hydrogen (secondary N) is 2. The van der Waals surface area contributed by atoms with Crippen LogP contribution in [0.1, 0.15) is 18.4 Å². The van der Waals surface area contributed by atoms with Crippen LogP contribution in [-0.2, 0) is 11.0 Å². The van der Waals surface area contributed by atoms with Crippen LogP contribution in [0.25, 0.3) is 0 Å². The molecule has 0 radical (unpaired) electrons. The van der Waals surface area contributed by atoms with Crippen LogP contribution in [0, 0.1) is 5.92 Å². The van der Waals surface area contributed by atoms with E-state index in [9.17, 15) is 18.0 Å². The first-order chi connectivity index (χ1) is 10.5. The fourth-order valence-corrected chi connectivity index (χ4v) is 2.33. The number of carbonyl (C=O) groups is 1. The van der Waals surface area contributed by atoms with Crippen molar-refractivity contribution < 1.29 is 22.7 Å². The number of alkyl halides is 3. The van der Waals surface area contributed by atoms with Crippen LogP contribution >= 0.6 is 0 Å². The van der Waals surface area contributed by atoms with Gasteiger partial charge >= 0.3 is 6.18 Å². The van der Waals surface area contributed by atoms with Crippen LogP contribution in [-0.4, -0.2) is 32.1 Å². The van der Waals surface area contributed by atoms with Gasteiger partial charge in [-0.2, -0.15) is 13.2 Å². The lowest BCUT2D eigenvalue weighted by atomic mass is 9.97. The highest BCUT2D eigenvalue weighted by molar-refractivity contribution is 5.78. The first kappa shape index (κ1) is 16.6. The molecule has 1 saturated heterocycles. The predicted molar refractivity (Wildman–Crippen MR) is 75.5 cm³/mol. The van der Waals surface area contributed by atoms with Gasteiger partial charge in [-0.05, 0) is 44.1 Å². The third-order valence-electron chi connectivity index (χ3n) is 3.54. The van der Waals surface area contributed by atoms with Crippen molar-refractivity contribution in [2.24, 2.45) is 5.92 Å². The molecule has 0 bridgehead atoms. The Morgan fingerprint density at radius 3 is 2.73 bits per heavy atom. The zero-order chi connectivity index (χ0) is 16.0. The molecule has 0 aromatic heterocycles. The van der Waals surface area contributed by atoms with Crippen molar-refractivity contribution >= 4 is 5.91 Å². The second-order valence-corrected chi connectivity index (χ2v) is 5.19. The number of hydrogen-bond donors (Lipinski definition) is 2. The largest absolute Gasteiger partial charge is 0.492 e. The Balaban J connectivity index is 1.73. The number of benzene rings is 1. The van der Waals surface area contributed by atoms with E-state index in [1.807, 2.05) is 0 Å². The van der Waals surface area contributed by atoms with E-state index in [1.54, 1.807) is 0 Å². The third-order valence-corrected chi connectivity index (χ3v) is 3.54. The molecule has 2 rings (SSSR count). The molecule has 0 unspecified atom stereocenters. The molecule has 1 aliphatic rings. The van der Waals surface area contributed by atoms with E-state index < -0.39 is 11.7 Å². The van der Waals surface area contributed by atoms with E-state index in [0.29, 0.717) is 0 Å². The van der Waals surface area contributed by atoms with Gasteiger partial charge in [0.2, 0.25) is 5.91 Å². The summed E-state index contributed by atoms with van der Waals surface area (Å²) in [5.74, 6) is 0.134. The third kappa shape index (κ3) is 4.91. The molecule has 1 aromatic rings. The van der Waals surface area contributed by atoms with Gasteiger partial charge in [-0.25, -0.2) is 0 Å². The van der Waals surface area contributed by atoms with E-state index >= 15 is 0 Å². The summed E-state index contributed by atoms with van der Waals surface area (Å²) >= 11 is 0. The number of amides is 1. The van der Waals surface area contributed by atoms with Gasteiger partial charge in [0.1, 0.15) is 12.4 Å². The Hall–Kier alpha value is -1.76. The summed E-state index contributed by atoms with van der Waals surface area (Å²) in [6.45, 7) is 2.08. The zero-order valence-electron chi connectivity index (χ0n) is 12.1. The Bertz CT molecular complexity index is 500. The average molecular weight is 316 g/mol. The number of halogens is 3. The maximum atomic E-state index is 12.6. The van der Waals surface area contributed by atoms with Crippen LogP contribution in [0.4, 0.5) is 13.2 Å². The van der Waals surface area contributed by atoms with Crippen LogP contribution in [0.2, 0.25) is 0 Å². The first-order valence-corrected chi connectivity index (χ1v) is 7.25. The van der Waals surface area contributed by atoms with E-state index in [1.165, 1.54) is 12.1 Å². The smallest absolute Gasteiger partial charge is 0.416 e. The number of piperidine rings is 1. The van der Waals surface area contributed by atoms with Crippen LogP contribution < -0.4 is 15.4 Å². The van der Waals surface area contributed by atoms with Crippen molar-refractivity contribution in [2.45, 2.75) is 19.0 Å². The molecule has 1 heterocycles. The molecule has 2 N–H and O–H groups in total. The van der Waals surface area contributed by atoms with E-state index in [4.69, 9.17) is 4.74 Å². The van der Waals surface area contributed by atoms with Crippen LogP contribution in [0.15, 0.2) is 24.3 Å². The molecule has 0 aliphatic carbocycles. The zero-order valence-corrected chi connectivity index (χ0v) is 12.1. The molecule has 7 heteroatoms. The fraction of sp³-hybridized carbons (Fsp3) is 0.533. The number of ether oxygens (including phenoxy) is 1. The second kappa shape index (κ2) is 7.49. The molecular weight excluding hydrogens is 297 g/mol. The normalized spacial score (nSPS) is 16.3. The minimum atomic E-state index is -4.39. The maximum Gasteiger partial charge on any atom is 0.416 e. The van der Waals surface area contributed by atoms with Gasteiger partial charge in [0, 0.05) is 5.92 Å². The van der Waals surface area contributed by atoms with E-state index in [-0.39, 0.29) is 30.7 Å². The Kier molecular flexibility index (Phi) is 5.65. The Labute approximate surface area is 127 Å². The van der Waals surface area contributed by atoms with Crippen molar-refractivity contribution in [3.05, 3.63) is 29.8 Å². The average Bonchev–Trinajstić information content (AvgIpc) is 2.52. The second-order valence-electron chi connectivity index (χ2n) is 5.19. The standard InChI is InChI=1S/C15H19F3N2O2/c16-15(17,18)12-2-1-3-13(10-12)22-9-8-20-14(21)11-4-6-19-7-5-11/h1-3,10-11,19H,4-9H2,(H,20,21). The molecule has 4 nitrogen and oxygen atoms in total. The SMILES string of the molecule is O=C(NCCOc1cccc(C(F)(F)F)c1)C1CCNCC1. The molecule has 1 aliphatic heterocycles. The van der Waals surface area contributed by atoms with Crippen molar-refractivity contribution in [3.8, 4) is 5.75 Å². The maximum absolute atomic E-state index is 12.6. The predicted octanol–water partition coefficient (Wildman–Crippen LogP) is 2.20. The molecule has 1 fully saturated rings. The summed E-state index contributed by atoms with van der Waals surface area (Å²) in [5, 5.41) is 5.93. The monoisotopic (exact) mass is 316 g/mol. The summed E-state index contributed by atoms with van der Waals surface area (Å²) in [4.78, 5) is 11.9. The van der Waals surface area contributed by atoms with Crippen molar-refractivity contribution in [3.63, 3.8) is 0 Å². The quantitative estimate of drug-likeness (QED) is 0.819. The summed E-state index contributed by atoms with van der Waals surface area (Å²) in [6, 6.07) is 4.70. The lowest BCUT2D eigenvalue weighted by Gasteiger charge is -2.21. The van der Waals surface area contributed by atoms with Gasteiger partial charge in [-0.15, -0.1) is 0 Å². The van der Waals surface area contributed by atoms with E-state index in [2.05, 4.69) is 10.6 Å². The van der Waals surface area contributed by atoms with Gasteiger partial charge in [-0.1, -0.05) is 6.07 Å². The molecule has 1 aromatic carbocycles. The first-order valence-electron chi connectivity index (χ1n) is 7.25. The molecule has 0 saturated carbocycles. The van der Waals surface area contributed by atoms with Crippen LogP contribution in [0.5, 0.6) is 5.75 Å². The molecule has 22 heavy (non-hydrogen) atoms. The fourth-order valence-electron chi connectivity index (χ4n) is 2.33. The lowest BCUT2D eigenvalue weighted by Crippen LogP contribution is -2.39. The summed E-state index contributed by atoms with van der Waals surface area (Å²) in [5.41, 5.74) is -0.747.